The highest BCUT2D eigenvalue weighted by Gasteiger charge is 2.32. The summed E-state index contributed by atoms with van der Waals surface area (Å²) < 4.78 is 0. The second kappa shape index (κ2) is 2.15. The van der Waals surface area contributed by atoms with E-state index in [2.05, 4.69) is 10.6 Å². The SMILES string of the molecule is O=C1N[C@H]2CCCC[C@H]2N1.[HH].[HH]. The van der Waals surface area contributed by atoms with E-state index in [0.717, 1.165) is 12.8 Å². The molecule has 3 heteroatoms. The third-order valence-corrected chi connectivity index (χ3v) is 2.40. The molecule has 1 aliphatic heterocycles. The number of carbonyl (C=O) groups excluding carboxylic acids is 1. The van der Waals surface area contributed by atoms with Crippen molar-refractivity contribution in [3.8, 4) is 0 Å². The van der Waals surface area contributed by atoms with Crippen LogP contribution in [0, 0.1) is 0 Å². The van der Waals surface area contributed by atoms with Crippen LogP contribution in [0.3, 0.4) is 0 Å². The zero-order valence-corrected chi connectivity index (χ0v) is 5.89. The Morgan fingerprint density at radius 1 is 1.20 bits per heavy atom. The summed E-state index contributed by atoms with van der Waals surface area (Å²) >= 11 is 0. The Bertz CT molecular complexity index is 149. The van der Waals surface area contributed by atoms with Gasteiger partial charge in [-0.15, -0.1) is 0 Å². The normalized spacial score (nSPS) is 38.2. The van der Waals surface area contributed by atoms with Crippen LogP contribution in [0.15, 0.2) is 0 Å². The van der Waals surface area contributed by atoms with E-state index in [1.54, 1.807) is 0 Å². The lowest BCUT2D eigenvalue weighted by Gasteiger charge is -2.22. The number of urea groups is 1. The van der Waals surface area contributed by atoms with Crippen LogP contribution < -0.4 is 10.6 Å². The summed E-state index contributed by atoms with van der Waals surface area (Å²) in [6.07, 6.45) is 4.85. The zero-order chi connectivity index (χ0) is 6.97. The van der Waals surface area contributed by atoms with Crippen LogP contribution in [0.25, 0.3) is 0 Å². The molecule has 0 spiro atoms. The number of fused-ring (bicyclic) bond motifs is 1. The summed E-state index contributed by atoms with van der Waals surface area (Å²) in [5.74, 6) is 0. The molecule has 60 valence electrons. The fourth-order valence-corrected chi connectivity index (χ4v) is 1.85. The van der Waals surface area contributed by atoms with Crippen LogP contribution >= 0.6 is 0 Å². The zero-order valence-electron chi connectivity index (χ0n) is 5.89. The molecule has 0 aromatic heterocycles. The van der Waals surface area contributed by atoms with Gasteiger partial charge in [-0.2, -0.15) is 0 Å². The van der Waals surface area contributed by atoms with Crippen LogP contribution in [0.2, 0.25) is 0 Å². The highest BCUT2D eigenvalue weighted by atomic mass is 16.2. The first-order valence-corrected chi connectivity index (χ1v) is 3.93. The summed E-state index contributed by atoms with van der Waals surface area (Å²) in [6, 6.07) is 0.888. The molecule has 2 amide bonds. The van der Waals surface area contributed by atoms with Crippen molar-refractivity contribution >= 4 is 6.03 Å². The highest BCUT2D eigenvalue weighted by molar-refractivity contribution is 5.77. The molecule has 2 N–H and O–H groups in total. The topological polar surface area (TPSA) is 41.1 Å². The Morgan fingerprint density at radius 2 is 1.70 bits per heavy atom. The van der Waals surface area contributed by atoms with E-state index in [-0.39, 0.29) is 8.88 Å². The first-order chi connectivity index (χ1) is 4.86. The minimum atomic E-state index is 0. The van der Waals surface area contributed by atoms with Crippen LogP contribution in [0.1, 0.15) is 28.5 Å². The molecule has 0 bridgehead atoms. The lowest BCUT2D eigenvalue weighted by Crippen LogP contribution is -2.36. The second-order valence-corrected chi connectivity index (χ2v) is 3.12. The molecule has 1 saturated heterocycles. The molecule has 3 nitrogen and oxygen atoms in total. The maximum atomic E-state index is 10.8. The second-order valence-electron chi connectivity index (χ2n) is 3.12. The molecule has 2 rings (SSSR count). The average molecular weight is 144 g/mol. The fourth-order valence-electron chi connectivity index (χ4n) is 1.85. The standard InChI is InChI=1S/C7H12N2O.2H2/c10-7-8-5-3-1-2-4-6(5)9-7;;/h5-6H,1-4H2,(H2,8,9,10);2*1H/t5-,6+;;. The van der Waals surface area contributed by atoms with Gasteiger partial charge < -0.3 is 10.6 Å². The fraction of sp³-hybridized carbons (Fsp3) is 0.857. The van der Waals surface area contributed by atoms with Crippen LogP contribution in [-0.2, 0) is 0 Å². The van der Waals surface area contributed by atoms with Gasteiger partial charge in [0.25, 0.3) is 0 Å². The van der Waals surface area contributed by atoms with Crippen molar-refractivity contribution in [1.29, 1.82) is 0 Å². The van der Waals surface area contributed by atoms with E-state index in [4.69, 9.17) is 0 Å². The maximum Gasteiger partial charge on any atom is 0.315 e. The number of hydrogen-bond acceptors (Lipinski definition) is 1. The van der Waals surface area contributed by atoms with E-state index in [0.29, 0.717) is 12.1 Å². The number of nitrogens with one attached hydrogen (secondary N) is 2. The molecule has 2 fully saturated rings. The molecule has 2 aliphatic rings. The summed E-state index contributed by atoms with van der Waals surface area (Å²) in [5, 5.41) is 5.81. The summed E-state index contributed by atoms with van der Waals surface area (Å²) in [7, 11) is 0. The van der Waals surface area contributed by atoms with Crippen LogP contribution in [0.4, 0.5) is 4.79 Å². The van der Waals surface area contributed by atoms with Crippen LogP contribution in [-0.4, -0.2) is 18.1 Å². The first-order valence-electron chi connectivity index (χ1n) is 3.93. The van der Waals surface area contributed by atoms with Crippen molar-refractivity contribution in [2.45, 2.75) is 37.8 Å². The molecule has 2 atom stereocenters. The summed E-state index contributed by atoms with van der Waals surface area (Å²) in [4.78, 5) is 10.8. The molecule has 10 heavy (non-hydrogen) atoms. The predicted octanol–water partition coefficient (Wildman–Crippen LogP) is 1.10. The smallest absolute Gasteiger partial charge is 0.315 e. The molecule has 0 unspecified atom stereocenters. The number of rotatable bonds is 0. The van der Waals surface area contributed by atoms with Crippen molar-refractivity contribution in [3.05, 3.63) is 0 Å². The Balaban J connectivity index is 0.000000605. The monoisotopic (exact) mass is 144 g/mol. The molecule has 0 radical (unpaired) electrons. The van der Waals surface area contributed by atoms with Gasteiger partial charge in [0, 0.05) is 2.85 Å². The van der Waals surface area contributed by atoms with Crippen molar-refractivity contribution < 1.29 is 7.65 Å². The lowest BCUT2D eigenvalue weighted by molar-refractivity contribution is 0.247. The van der Waals surface area contributed by atoms with E-state index in [1.165, 1.54) is 12.8 Å². The molecular weight excluding hydrogens is 128 g/mol. The number of amides is 2. The Kier molecular flexibility index (Phi) is 1.29. The van der Waals surface area contributed by atoms with Gasteiger partial charge >= 0.3 is 6.03 Å². The third-order valence-electron chi connectivity index (χ3n) is 2.40. The minimum absolute atomic E-state index is 0. The van der Waals surface area contributed by atoms with Gasteiger partial charge in [-0.25, -0.2) is 4.79 Å². The molecule has 0 aromatic carbocycles. The number of hydrogen-bond donors (Lipinski definition) is 2. The maximum absolute atomic E-state index is 10.8. The third kappa shape index (κ3) is 0.856. The largest absolute Gasteiger partial charge is 0.333 e. The average Bonchev–Trinajstić information content (AvgIpc) is 2.27. The Morgan fingerprint density at radius 3 is 2.20 bits per heavy atom. The predicted molar refractivity (Wildman–Crippen MR) is 41.9 cm³/mol. The van der Waals surface area contributed by atoms with Crippen molar-refractivity contribution in [1.82, 2.24) is 10.6 Å². The van der Waals surface area contributed by atoms with Gasteiger partial charge in [-0.3, -0.25) is 0 Å². The molecule has 1 aliphatic carbocycles. The summed E-state index contributed by atoms with van der Waals surface area (Å²) in [6.45, 7) is 0. The van der Waals surface area contributed by atoms with Gasteiger partial charge in [-0.1, -0.05) is 12.8 Å². The van der Waals surface area contributed by atoms with Gasteiger partial charge in [0.2, 0.25) is 0 Å². The van der Waals surface area contributed by atoms with Gasteiger partial charge in [-0.05, 0) is 12.8 Å². The van der Waals surface area contributed by atoms with Gasteiger partial charge in [0.15, 0.2) is 0 Å². The Labute approximate surface area is 63.1 Å². The highest BCUT2D eigenvalue weighted by Crippen LogP contribution is 2.20. The van der Waals surface area contributed by atoms with E-state index in [9.17, 15) is 4.79 Å². The van der Waals surface area contributed by atoms with E-state index in [1.807, 2.05) is 0 Å². The summed E-state index contributed by atoms with van der Waals surface area (Å²) in [5.41, 5.74) is 0. The molecule has 1 saturated carbocycles. The van der Waals surface area contributed by atoms with Gasteiger partial charge in [0.1, 0.15) is 0 Å². The molecular formula is C7H16N2O. The van der Waals surface area contributed by atoms with E-state index >= 15 is 0 Å². The molecule has 1 heterocycles. The van der Waals surface area contributed by atoms with E-state index < -0.39 is 0 Å². The quantitative estimate of drug-likeness (QED) is 0.525. The van der Waals surface area contributed by atoms with Crippen LogP contribution in [0.5, 0.6) is 0 Å². The Hall–Kier alpha value is -0.730. The molecule has 0 aromatic rings. The lowest BCUT2D eigenvalue weighted by atomic mass is 9.92. The van der Waals surface area contributed by atoms with Crippen molar-refractivity contribution in [2.75, 3.05) is 0 Å². The van der Waals surface area contributed by atoms with Crippen molar-refractivity contribution in [2.24, 2.45) is 0 Å². The number of carbonyl (C=O) groups is 1. The minimum Gasteiger partial charge on any atom is -0.333 e. The van der Waals surface area contributed by atoms with Crippen molar-refractivity contribution in [3.63, 3.8) is 0 Å². The first kappa shape index (κ1) is 6.01. The van der Waals surface area contributed by atoms with Gasteiger partial charge in [0.05, 0.1) is 12.1 Å².